The van der Waals surface area contributed by atoms with E-state index in [0.29, 0.717) is 6.54 Å². The summed E-state index contributed by atoms with van der Waals surface area (Å²) in [7, 11) is 1.53. The number of aliphatic hydroxyl groups is 1. The van der Waals surface area contributed by atoms with Crippen molar-refractivity contribution in [2.75, 3.05) is 13.7 Å². The molecule has 0 aliphatic rings. The molecule has 24 heavy (non-hydrogen) atoms. The minimum absolute atomic E-state index is 0.149. The van der Waals surface area contributed by atoms with E-state index < -0.39 is 18.3 Å². The molecule has 2 N–H and O–H groups in total. The molecule has 0 unspecified atom stereocenters. The summed E-state index contributed by atoms with van der Waals surface area (Å²) in [6.45, 7) is 7.95. The van der Waals surface area contributed by atoms with E-state index in [1.807, 2.05) is 50.3 Å². The number of hydrogen-bond acceptors (Lipinski definition) is 4. The first kappa shape index (κ1) is 19.9. The fraction of sp³-hybridized carbons (Fsp3) is 0.421. The predicted molar refractivity (Wildman–Crippen MR) is 94.6 cm³/mol. The first-order valence-corrected chi connectivity index (χ1v) is 7.93. The van der Waals surface area contributed by atoms with Gasteiger partial charge in [0.1, 0.15) is 12.7 Å². The van der Waals surface area contributed by atoms with Crippen molar-refractivity contribution in [3.8, 4) is 0 Å². The number of ether oxygens (including phenoxy) is 2. The lowest BCUT2D eigenvalue weighted by atomic mass is 9.97. The van der Waals surface area contributed by atoms with Gasteiger partial charge in [-0.05, 0) is 18.1 Å². The molecule has 1 amide bonds. The van der Waals surface area contributed by atoms with Crippen LogP contribution < -0.4 is 5.32 Å². The predicted octanol–water partition coefficient (Wildman–Crippen LogP) is 3.06. The van der Waals surface area contributed by atoms with Gasteiger partial charge in [0.25, 0.3) is 0 Å². The Kier molecular flexibility index (Phi) is 8.83. The van der Waals surface area contributed by atoms with E-state index in [1.54, 1.807) is 6.08 Å². The third-order valence-electron chi connectivity index (χ3n) is 3.64. The van der Waals surface area contributed by atoms with Crippen LogP contribution in [0.15, 0.2) is 54.6 Å². The van der Waals surface area contributed by atoms with Crippen LogP contribution in [-0.2, 0) is 16.0 Å². The highest BCUT2D eigenvalue weighted by Crippen LogP contribution is 2.14. The normalized spacial score (nSPS) is 15.2. The van der Waals surface area contributed by atoms with Crippen LogP contribution in [0.3, 0.4) is 0 Å². The number of alkyl carbamates (subject to hydrolysis) is 1. The van der Waals surface area contributed by atoms with Gasteiger partial charge in [0.05, 0.1) is 6.10 Å². The van der Waals surface area contributed by atoms with Gasteiger partial charge >= 0.3 is 6.09 Å². The van der Waals surface area contributed by atoms with Gasteiger partial charge < -0.3 is 19.9 Å². The number of carbonyl (C=O) groups excluding carboxylic acids is 1. The Morgan fingerprint density at radius 2 is 2.04 bits per heavy atom. The number of benzene rings is 1. The summed E-state index contributed by atoms with van der Waals surface area (Å²) in [6.07, 6.45) is 1.83. The van der Waals surface area contributed by atoms with Crippen LogP contribution >= 0.6 is 0 Å². The van der Waals surface area contributed by atoms with Crippen molar-refractivity contribution in [1.82, 2.24) is 5.32 Å². The number of carbonyl (C=O) groups is 1. The molecule has 0 aliphatic carbocycles. The second-order valence-electron chi connectivity index (χ2n) is 5.71. The van der Waals surface area contributed by atoms with E-state index in [9.17, 15) is 9.90 Å². The molecule has 0 bridgehead atoms. The first-order valence-electron chi connectivity index (χ1n) is 7.93. The molecular weight excluding hydrogens is 306 g/mol. The molecule has 0 aliphatic heterocycles. The first-order chi connectivity index (χ1) is 11.5. The summed E-state index contributed by atoms with van der Waals surface area (Å²) in [4.78, 5) is 11.7. The fourth-order valence-corrected chi connectivity index (χ4v) is 2.27. The maximum atomic E-state index is 11.7. The van der Waals surface area contributed by atoms with E-state index in [1.165, 1.54) is 7.11 Å². The number of methoxy groups -OCH3 is 1. The van der Waals surface area contributed by atoms with Crippen LogP contribution in [0.4, 0.5) is 4.79 Å². The molecule has 132 valence electrons. The molecular formula is C19H27NO4. The lowest BCUT2D eigenvalue weighted by molar-refractivity contribution is -0.00162. The standard InChI is InChI=1S/C19H27NO4/c1-5-17(23-4)18(21)15(3)11-14(2)13-24-19(22)20-12-16-9-7-6-8-10-16/h5-11,15,17-18,21H,1,12-13H2,2-4H3,(H,20,22)/b14-11-/t15-,17+,18+/m1/s1. The van der Waals surface area contributed by atoms with E-state index in [-0.39, 0.29) is 12.5 Å². The molecule has 1 aromatic carbocycles. The quantitative estimate of drug-likeness (QED) is 0.682. The maximum absolute atomic E-state index is 11.7. The molecule has 1 aromatic rings. The maximum Gasteiger partial charge on any atom is 0.407 e. The number of rotatable bonds is 9. The Hall–Kier alpha value is -2.11. The third kappa shape index (κ3) is 6.98. The molecule has 0 fully saturated rings. The largest absolute Gasteiger partial charge is 0.445 e. The zero-order valence-electron chi connectivity index (χ0n) is 14.6. The summed E-state index contributed by atoms with van der Waals surface area (Å²) >= 11 is 0. The van der Waals surface area contributed by atoms with Gasteiger partial charge in [0.15, 0.2) is 0 Å². The van der Waals surface area contributed by atoms with Crippen LogP contribution in [0, 0.1) is 5.92 Å². The number of nitrogens with one attached hydrogen (secondary N) is 1. The Morgan fingerprint density at radius 3 is 2.62 bits per heavy atom. The fourth-order valence-electron chi connectivity index (χ4n) is 2.27. The zero-order valence-corrected chi connectivity index (χ0v) is 14.6. The highest BCUT2D eigenvalue weighted by Gasteiger charge is 2.20. The summed E-state index contributed by atoms with van der Waals surface area (Å²) in [5, 5.41) is 12.8. The summed E-state index contributed by atoms with van der Waals surface area (Å²) in [5.41, 5.74) is 1.86. The Bertz CT molecular complexity index is 542. The van der Waals surface area contributed by atoms with Crippen molar-refractivity contribution < 1.29 is 19.4 Å². The topological polar surface area (TPSA) is 67.8 Å². The van der Waals surface area contributed by atoms with E-state index in [4.69, 9.17) is 9.47 Å². The van der Waals surface area contributed by atoms with Crippen molar-refractivity contribution in [2.24, 2.45) is 5.92 Å². The highest BCUT2D eigenvalue weighted by atomic mass is 16.5. The van der Waals surface area contributed by atoms with Crippen molar-refractivity contribution in [3.05, 3.63) is 60.2 Å². The average Bonchev–Trinajstić information content (AvgIpc) is 2.60. The van der Waals surface area contributed by atoms with Gasteiger partial charge in [0, 0.05) is 19.6 Å². The van der Waals surface area contributed by atoms with Gasteiger partial charge in [-0.2, -0.15) is 0 Å². The molecule has 0 radical (unpaired) electrons. The molecule has 5 heteroatoms. The van der Waals surface area contributed by atoms with Crippen LogP contribution in [0.25, 0.3) is 0 Å². The number of amides is 1. The number of aliphatic hydroxyl groups excluding tert-OH is 1. The lowest BCUT2D eigenvalue weighted by Gasteiger charge is -2.22. The monoisotopic (exact) mass is 333 g/mol. The minimum atomic E-state index is -0.700. The number of hydrogen-bond donors (Lipinski definition) is 2. The summed E-state index contributed by atoms with van der Waals surface area (Å²) in [6, 6.07) is 9.61. The van der Waals surface area contributed by atoms with Crippen molar-refractivity contribution in [2.45, 2.75) is 32.6 Å². The lowest BCUT2D eigenvalue weighted by Crippen LogP contribution is -2.31. The molecule has 5 nitrogen and oxygen atoms in total. The van der Waals surface area contributed by atoms with Crippen LogP contribution in [-0.4, -0.2) is 37.1 Å². The average molecular weight is 333 g/mol. The van der Waals surface area contributed by atoms with Crippen molar-refractivity contribution >= 4 is 6.09 Å². The molecule has 0 spiro atoms. The van der Waals surface area contributed by atoms with Gasteiger partial charge in [-0.25, -0.2) is 4.79 Å². The summed E-state index contributed by atoms with van der Waals surface area (Å²) in [5.74, 6) is -0.149. The molecule has 1 rings (SSSR count). The highest BCUT2D eigenvalue weighted by molar-refractivity contribution is 5.67. The second-order valence-corrected chi connectivity index (χ2v) is 5.71. The van der Waals surface area contributed by atoms with Gasteiger partial charge in [0.2, 0.25) is 0 Å². The second kappa shape index (κ2) is 10.6. The molecule has 0 saturated carbocycles. The van der Waals surface area contributed by atoms with Crippen molar-refractivity contribution in [1.29, 1.82) is 0 Å². The van der Waals surface area contributed by atoms with E-state index >= 15 is 0 Å². The van der Waals surface area contributed by atoms with Gasteiger partial charge in [-0.3, -0.25) is 0 Å². The van der Waals surface area contributed by atoms with E-state index in [2.05, 4.69) is 11.9 Å². The Morgan fingerprint density at radius 1 is 1.38 bits per heavy atom. The molecule has 3 atom stereocenters. The molecule has 0 saturated heterocycles. The summed E-state index contributed by atoms with van der Waals surface area (Å²) < 4.78 is 10.3. The zero-order chi connectivity index (χ0) is 17.9. The van der Waals surface area contributed by atoms with Crippen molar-refractivity contribution in [3.63, 3.8) is 0 Å². The smallest absolute Gasteiger partial charge is 0.407 e. The van der Waals surface area contributed by atoms with Gasteiger partial charge in [-0.1, -0.05) is 49.4 Å². The molecule has 0 aromatic heterocycles. The third-order valence-corrected chi connectivity index (χ3v) is 3.64. The Balaban J connectivity index is 2.39. The minimum Gasteiger partial charge on any atom is -0.445 e. The van der Waals surface area contributed by atoms with Crippen LogP contribution in [0.1, 0.15) is 19.4 Å². The van der Waals surface area contributed by atoms with Crippen LogP contribution in [0.5, 0.6) is 0 Å². The van der Waals surface area contributed by atoms with Crippen LogP contribution in [0.2, 0.25) is 0 Å². The molecule has 0 heterocycles. The van der Waals surface area contributed by atoms with Gasteiger partial charge in [-0.15, -0.1) is 6.58 Å². The Labute approximate surface area is 144 Å². The van der Waals surface area contributed by atoms with E-state index in [0.717, 1.165) is 11.1 Å². The SMILES string of the molecule is C=C[C@H](OC)[C@@H](O)[C@H](C)/C=C(/C)COC(=O)NCc1ccccc1.